The van der Waals surface area contributed by atoms with Crippen molar-refractivity contribution < 1.29 is 18.6 Å². The molecule has 40 heavy (non-hydrogen) atoms. The minimum Gasteiger partial charge on any atom is -0.381 e. The standard InChI is InChI=1S/C34H48N4O2/c1-2-12-30-14-7-13-29(11-1)25-39-23-9-21-37-27-35(31-15-3-5-17-33(31)37)19-8-20-36-28-38(22-10-24-40-26-30)34-18-6-4-16-32(34)36/h3-6,15-18,27-30H,1-2,7-14,19-26H2/q+2. The smallest absolute Gasteiger partial charge is 0.244 e. The monoisotopic (exact) mass is 544 g/mol. The Kier molecular flexibility index (Phi) is 9.46. The maximum Gasteiger partial charge on any atom is 0.244 e. The molecule has 1 saturated carbocycles. The van der Waals surface area contributed by atoms with Gasteiger partial charge in [-0.1, -0.05) is 43.5 Å². The van der Waals surface area contributed by atoms with E-state index in [-0.39, 0.29) is 0 Å². The highest BCUT2D eigenvalue weighted by Gasteiger charge is 2.19. The van der Waals surface area contributed by atoms with E-state index < -0.39 is 0 Å². The van der Waals surface area contributed by atoms with Crippen LogP contribution in [0.25, 0.3) is 22.1 Å². The Labute approximate surface area is 239 Å². The number of imidazole rings is 2. The second kappa shape index (κ2) is 13.8. The van der Waals surface area contributed by atoms with Crippen molar-refractivity contribution in [2.45, 2.75) is 90.4 Å². The first-order valence-corrected chi connectivity index (χ1v) is 16.0. The van der Waals surface area contributed by atoms with Gasteiger partial charge in [-0.05, 0) is 61.8 Å². The van der Waals surface area contributed by atoms with Crippen molar-refractivity contribution in [1.82, 2.24) is 9.13 Å². The van der Waals surface area contributed by atoms with Crippen LogP contribution in [0.3, 0.4) is 0 Å². The van der Waals surface area contributed by atoms with Gasteiger partial charge in [-0.2, -0.15) is 0 Å². The van der Waals surface area contributed by atoms with E-state index in [1.807, 2.05) is 0 Å². The van der Waals surface area contributed by atoms with Crippen molar-refractivity contribution in [3.05, 3.63) is 61.2 Å². The fraction of sp³-hybridized carbons (Fsp3) is 0.588. The van der Waals surface area contributed by atoms with E-state index in [1.165, 1.54) is 67.0 Å². The number of ether oxygens (including phenoxy) is 2. The van der Waals surface area contributed by atoms with Gasteiger partial charge in [0.15, 0.2) is 22.1 Å². The summed E-state index contributed by atoms with van der Waals surface area (Å²) in [6.45, 7) is 7.57. The molecule has 2 aliphatic rings. The third-order valence-corrected chi connectivity index (χ3v) is 9.14. The maximum atomic E-state index is 6.25. The van der Waals surface area contributed by atoms with Gasteiger partial charge in [-0.15, -0.1) is 0 Å². The van der Waals surface area contributed by atoms with Crippen molar-refractivity contribution in [3.63, 3.8) is 0 Å². The molecule has 6 heteroatoms. The summed E-state index contributed by atoms with van der Waals surface area (Å²) in [5, 5.41) is 0. The number of benzene rings is 2. The van der Waals surface area contributed by atoms with E-state index in [0.29, 0.717) is 0 Å². The van der Waals surface area contributed by atoms with Gasteiger partial charge in [0.25, 0.3) is 0 Å². The highest BCUT2D eigenvalue weighted by molar-refractivity contribution is 5.72. The number of aromatic nitrogens is 4. The number of para-hydroxylation sites is 4. The lowest BCUT2D eigenvalue weighted by Crippen LogP contribution is -2.33. The quantitative estimate of drug-likeness (QED) is 0.252. The molecule has 1 aliphatic heterocycles. The zero-order chi connectivity index (χ0) is 27.0. The molecular weight excluding hydrogens is 496 g/mol. The summed E-state index contributed by atoms with van der Waals surface area (Å²) in [6.07, 6.45) is 17.1. The van der Waals surface area contributed by atoms with Gasteiger partial charge >= 0.3 is 0 Å². The van der Waals surface area contributed by atoms with Crippen molar-refractivity contribution in [2.24, 2.45) is 11.8 Å². The number of nitrogens with zero attached hydrogens (tertiary/aromatic N) is 4. The Bertz CT molecular complexity index is 1260. The fourth-order valence-corrected chi connectivity index (χ4v) is 6.97. The maximum absolute atomic E-state index is 6.25. The molecule has 1 fully saturated rings. The molecule has 4 aromatic rings. The molecule has 6 nitrogen and oxygen atoms in total. The molecule has 214 valence electrons. The number of hydrogen-bond donors (Lipinski definition) is 0. The molecule has 2 aromatic heterocycles. The number of hydrogen-bond acceptors (Lipinski definition) is 2. The third-order valence-electron chi connectivity index (χ3n) is 9.14. The Balaban J connectivity index is 1.19. The van der Waals surface area contributed by atoms with Crippen LogP contribution in [-0.4, -0.2) is 35.6 Å². The van der Waals surface area contributed by atoms with Crippen LogP contribution in [0.1, 0.15) is 64.2 Å². The highest BCUT2D eigenvalue weighted by Crippen LogP contribution is 2.26. The van der Waals surface area contributed by atoms with E-state index in [0.717, 1.165) is 83.7 Å². The number of fused-ring (bicyclic) bond motifs is 14. The van der Waals surface area contributed by atoms with Gasteiger partial charge in [0.1, 0.15) is 0 Å². The SMILES string of the molecule is c1ccc2c(c1)n1c[n+]2CCCOCC2CCCCC(CCC2)COCCC[n+]2cn(c3ccccc32)CCC1. The van der Waals surface area contributed by atoms with Crippen LogP contribution in [0.2, 0.25) is 0 Å². The topological polar surface area (TPSA) is 36.1 Å². The van der Waals surface area contributed by atoms with Gasteiger partial charge in [-0.25, -0.2) is 18.3 Å². The number of rotatable bonds is 0. The first-order valence-electron chi connectivity index (χ1n) is 16.0. The van der Waals surface area contributed by atoms with E-state index in [2.05, 4.69) is 79.5 Å². The third kappa shape index (κ3) is 6.77. The average Bonchev–Trinajstić information content (AvgIpc) is 3.54. The Morgan fingerprint density at radius 1 is 0.550 bits per heavy atom. The van der Waals surface area contributed by atoms with Crippen LogP contribution >= 0.6 is 0 Å². The van der Waals surface area contributed by atoms with Gasteiger partial charge in [0.2, 0.25) is 12.7 Å². The summed E-state index contributed by atoms with van der Waals surface area (Å²) in [5.74, 6) is 1.44. The van der Waals surface area contributed by atoms with Crippen LogP contribution in [-0.2, 0) is 35.7 Å². The summed E-state index contributed by atoms with van der Waals surface area (Å²) < 4.78 is 22.2. The van der Waals surface area contributed by atoms with E-state index in [9.17, 15) is 0 Å². The van der Waals surface area contributed by atoms with Crippen molar-refractivity contribution in [2.75, 3.05) is 26.4 Å². The first-order chi connectivity index (χ1) is 19.8. The molecule has 1 aliphatic carbocycles. The molecule has 6 bridgehead atoms. The van der Waals surface area contributed by atoms with Crippen LogP contribution in [0.15, 0.2) is 61.2 Å². The fourth-order valence-electron chi connectivity index (χ4n) is 6.97. The zero-order valence-electron chi connectivity index (χ0n) is 24.3. The lowest BCUT2D eigenvalue weighted by Gasteiger charge is -2.17. The van der Waals surface area contributed by atoms with E-state index in [4.69, 9.17) is 9.47 Å². The van der Waals surface area contributed by atoms with Gasteiger partial charge < -0.3 is 9.47 Å². The van der Waals surface area contributed by atoms with Crippen molar-refractivity contribution >= 4 is 22.1 Å². The molecule has 2 aromatic carbocycles. The second-order valence-corrected chi connectivity index (χ2v) is 12.1. The summed E-state index contributed by atoms with van der Waals surface area (Å²) in [7, 11) is 0. The molecule has 2 unspecified atom stereocenters. The lowest BCUT2D eigenvalue weighted by molar-refractivity contribution is -0.672. The Morgan fingerprint density at radius 2 is 1.02 bits per heavy atom. The van der Waals surface area contributed by atoms with E-state index >= 15 is 0 Å². The van der Waals surface area contributed by atoms with Gasteiger partial charge in [-0.3, -0.25) is 0 Å². The molecule has 6 rings (SSSR count). The van der Waals surface area contributed by atoms with Crippen molar-refractivity contribution in [1.29, 1.82) is 0 Å². The van der Waals surface area contributed by atoms with Gasteiger partial charge in [0.05, 0.1) is 39.4 Å². The average molecular weight is 545 g/mol. The molecule has 0 amide bonds. The van der Waals surface area contributed by atoms with Gasteiger partial charge in [0, 0.05) is 32.5 Å². The summed E-state index contributed by atoms with van der Waals surface area (Å²) in [4.78, 5) is 0. The van der Waals surface area contributed by atoms with Crippen molar-refractivity contribution in [3.8, 4) is 0 Å². The summed E-state index contributed by atoms with van der Waals surface area (Å²) in [5.41, 5.74) is 5.30. The summed E-state index contributed by atoms with van der Waals surface area (Å²) >= 11 is 0. The molecule has 2 atom stereocenters. The number of aryl methyl sites for hydroxylation is 4. The Morgan fingerprint density at radius 3 is 1.55 bits per heavy atom. The van der Waals surface area contributed by atoms with E-state index in [1.54, 1.807) is 0 Å². The van der Waals surface area contributed by atoms with Crippen LogP contribution in [0, 0.1) is 11.8 Å². The first kappa shape index (κ1) is 27.5. The molecule has 0 spiro atoms. The molecule has 0 N–H and O–H groups in total. The predicted octanol–water partition coefficient (Wildman–Crippen LogP) is 6.07. The predicted molar refractivity (Wildman–Crippen MR) is 159 cm³/mol. The molecule has 0 radical (unpaired) electrons. The lowest BCUT2D eigenvalue weighted by atomic mass is 9.96. The zero-order valence-corrected chi connectivity index (χ0v) is 24.3. The second-order valence-electron chi connectivity index (χ2n) is 12.1. The van der Waals surface area contributed by atoms with Crippen LogP contribution in [0.4, 0.5) is 0 Å². The minimum absolute atomic E-state index is 0.721. The molecular formula is C34H48N4O2+2. The van der Waals surface area contributed by atoms with Crippen LogP contribution in [0.5, 0.6) is 0 Å². The normalized spacial score (nSPS) is 23.0. The minimum atomic E-state index is 0.721. The molecule has 3 heterocycles. The largest absolute Gasteiger partial charge is 0.381 e. The Hall–Kier alpha value is -2.70. The van der Waals surface area contributed by atoms with Crippen LogP contribution < -0.4 is 9.13 Å². The highest BCUT2D eigenvalue weighted by atomic mass is 16.5. The summed E-state index contributed by atoms with van der Waals surface area (Å²) in [6, 6.07) is 17.7. The molecule has 0 saturated heterocycles.